The molecule has 3 N–H and O–H groups in total. The molecule has 2 aromatic rings. The molecule has 112 valence electrons. The highest BCUT2D eigenvalue weighted by Crippen LogP contribution is 2.34. The molecule has 0 radical (unpaired) electrons. The Morgan fingerprint density at radius 1 is 1.10 bits per heavy atom. The lowest BCUT2D eigenvalue weighted by atomic mass is 9.89. The van der Waals surface area contributed by atoms with Crippen molar-refractivity contribution < 1.29 is 9.84 Å². The average Bonchev–Trinajstić information content (AvgIpc) is 2.47. The number of halogens is 2. The van der Waals surface area contributed by atoms with E-state index in [2.05, 4.69) is 31.9 Å². The zero-order valence-corrected chi connectivity index (χ0v) is 14.8. The van der Waals surface area contributed by atoms with E-state index >= 15 is 0 Å². The maximum atomic E-state index is 10.7. The number of ether oxygens (including phenoxy) is 1. The molecular weight excluding hydrogens is 398 g/mol. The predicted octanol–water partition coefficient (Wildman–Crippen LogP) is 4.00. The molecule has 0 spiro atoms. The van der Waals surface area contributed by atoms with Crippen LogP contribution in [0.25, 0.3) is 0 Å². The van der Waals surface area contributed by atoms with Crippen LogP contribution in [0.1, 0.15) is 23.1 Å². The summed E-state index contributed by atoms with van der Waals surface area (Å²) in [5.41, 5.74) is 7.66. The lowest BCUT2D eigenvalue weighted by Crippen LogP contribution is -2.20. The van der Waals surface area contributed by atoms with Crippen LogP contribution in [0.3, 0.4) is 0 Å². The van der Waals surface area contributed by atoms with Crippen molar-refractivity contribution in [2.45, 2.75) is 12.0 Å². The monoisotopic (exact) mass is 413 g/mol. The molecule has 0 fully saturated rings. The molecule has 2 atom stereocenters. The van der Waals surface area contributed by atoms with E-state index in [-0.39, 0.29) is 5.92 Å². The fraction of sp³-hybridized carbons (Fsp3) is 0.250. The molecular formula is C16H17Br2NO2. The first-order chi connectivity index (χ1) is 10.0. The van der Waals surface area contributed by atoms with Gasteiger partial charge >= 0.3 is 0 Å². The van der Waals surface area contributed by atoms with Crippen LogP contribution in [0.5, 0.6) is 5.75 Å². The minimum Gasteiger partial charge on any atom is -0.497 e. The number of benzene rings is 2. The Bertz CT molecular complexity index is 599. The van der Waals surface area contributed by atoms with E-state index in [4.69, 9.17) is 10.5 Å². The summed E-state index contributed by atoms with van der Waals surface area (Å²) in [6.45, 7) is 0.346. The van der Waals surface area contributed by atoms with Gasteiger partial charge in [-0.3, -0.25) is 0 Å². The molecule has 21 heavy (non-hydrogen) atoms. The third-order valence-corrected chi connectivity index (χ3v) is 4.30. The molecule has 0 aliphatic carbocycles. The second kappa shape index (κ2) is 7.40. The van der Waals surface area contributed by atoms with Crippen molar-refractivity contribution in [1.82, 2.24) is 0 Å². The summed E-state index contributed by atoms with van der Waals surface area (Å²) in [7, 11) is 1.62. The minimum absolute atomic E-state index is 0.193. The summed E-state index contributed by atoms with van der Waals surface area (Å²) in [5, 5.41) is 10.7. The van der Waals surface area contributed by atoms with Gasteiger partial charge in [0.25, 0.3) is 0 Å². The quantitative estimate of drug-likeness (QED) is 0.777. The highest BCUT2D eigenvalue weighted by molar-refractivity contribution is 9.11. The van der Waals surface area contributed by atoms with Gasteiger partial charge in [-0.1, -0.05) is 44.0 Å². The molecule has 0 bridgehead atoms. The van der Waals surface area contributed by atoms with Crippen molar-refractivity contribution >= 4 is 31.9 Å². The van der Waals surface area contributed by atoms with E-state index in [1.165, 1.54) is 0 Å². The number of aliphatic hydroxyl groups is 1. The Hall–Kier alpha value is -0.880. The third kappa shape index (κ3) is 4.07. The molecule has 5 heteroatoms. The number of rotatable bonds is 5. The number of aliphatic hydroxyl groups excluding tert-OH is 1. The van der Waals surface area contributed by atoms with E-state index in [1.54, 1.807) is 7.11 Å². The van der Waals surface area contributed by atoms with Crippen molar-refractivity contribution in [2.24, 2.45) is 5.73 Å². The van der Waals surface area contributed by atoms with Crippen LogP contribution in [0.4, 0.5) is 0 Å². The van der Waals surface area contributed by atoms with E-state index < -0.39 is 6.10 Å². The maximum absolute atomic E-state index is 10.7. The van der Waals surface area contributed by atoms with E-state index in [9.17, 15) is 5.11 Å². The summed E-state index contributed by atoms with van der Waals surface area (Å²) in [4.78, 5) is 0. The SMILES string of the molecule is COc1cccc(C(CN)C(O)c2cc(Br)cc(Br)c2)c1. The van der Waals surface area contributed by atoms with Gasteiger partial charge in [0, 0.05) is 21.4 Å². The van der Waals surface area contributed by atoms with Crippen molar-refractivity contribution in [3.63, 3.8) is 0 Å². The van der Waals surface area contributed by atoms with Gasteiger partial charge in [-0.25, -0.2) is 0 Å². The maximum Gasteiger partial charge on any atom is 0.119 e. The van der Waals surface area contributed by atoms with E-state index in [0.29, 0.717) is 6.54 Å². The molecule has 3 nitrogen and oxygen atoms in total. The van der Waals surface area contributed by atoms with Crippen molar-refractivity contribution in [2.75, 3.05) is 13.7 Å². The van der Waals surface area contributed by atoms with Gasteiger partial charge in [0.05, 0.1) is 13.2 Å². The van der Waals surface area contributed by atoms with Gasteiger partial charge in [-0.05, 0) is 41.5 Å². The number of nitrogens with two attached hydrogens (primary N) is 1. The summed E-state index contributed by atoms with van der Waals surface area (Å²) in [5.74, 6) is 0.565. The summed E-state index contributed by atoms with van der Waals surface area (Å²) in [6.07, 6.45) is -0.684. The first kappa shape index (κ1) is 16.5. The topological polar surface area (TPSA) is 55.5 Å². The second-order valence-electron chi connectivity index (χ2n) is 4.77. The minimum atomic E-state index is -0.684. The average molecular weight is 415 g/mol. The van der Waals surface area contributed by atoms with Crippen LogP contribution in [-0.4, -0.2) is 18.8 Å². The first-order valence-corrected chi connectivity index (χ1v) is 8.12. The molecule has 0 aliphatic heterocycles. The van der Waals surface area contributed by atoms with Crippen molar-refractivity contribution in [3.8, 4) is 5.75 Å². The van der Waals surface area contributed by atoms with E-state index in [1.807, 2.05) is 42.5 Å². The second-order valence-corrected chi connectivity index (χ2v) is 6.60. The Morgan fingerprint density at radius 3 is 2.33 bits per heavy atom. The van der Waals surface area contributed by atoms with Crippen molar-refractivity contribution in [3.05, 3.63) is 62.5 Å². The molecule has 0 amide bonds. The number of hydrogen-bond donors (Lipinski definition) is 2. The number of hydrogen-bond acceptors (Lipinski definition) is 3. The van der Waals surface area contributed by atoms with Crippen LogP contribution in [0.15, 0.2) is 51.4 Å². The van der Waals surface area contributed by atoms with Crippen molar-refractivity contribution in [1.29, 1.82) is 0 Å². The van der Waals surface area contributed by atoms with Gasteiger partial charge in [0.1, 0.15) is 5.75 Å². The predicted molar refractivity (Wildman–Crippen MR) is 91.6 cm³/mol. The Morgan fingerprint density at radius 2 is 1.76 bits per heavy atom. The lowest BCUT2D eigenvalue weighted by Gasteiger charge is -2.23. The fourth-order valence-corrected chi connectivity index (χ4v) is 3.63. The van der Waals surface area contributed by atoms with Gasteiger partial charge in [-0.15, -0.1) is 0 Å². The fourth-order valence-electron chi connectivity index (χ4n) is 2.30. The molecule has 2 unspecified atom stereocenters. The normalized spacial score (nSPS) is 13.8. The Labute approximate surface area is 141 Å². The van der Waals surface area contributed by atoms with Gasteiger partial charge in [0.15, 0.2) is 0 Å². The summed E-state index contributed by atoms with van der Waals surface area (Å²) in [6, 6.07) is 13.4. The number of methoxy groups -OCH3 is 1. The smallest absolute Gasteiger partial charge is 0.119 e. The largest absolute Gasteiger partial charge is 0.497 e. The van der Waals surface area contributed by atoms with Gasteiger partial charge in [0.2, 0.25) is 0 Å². The van der Waals surface area contributed by atoms with Crippen LogP contribution in [0, 0.1) is 0 Å². The zero-order valence-electron chi connectivity index (χ0n) is 11.6. The lowest BCUT2D eigenvalue weighted by molar-refractivity contribution is 0.147. The van der Waals surface area contributed by atoms with Crippen LogP contribution in [-0.2, 0) is 0 Å². The van der Waals surface area contributed by atoms with Gasteiger partial charge in [-0.2, -0.15) is 0 Å². The standard InChI is InChI=1S/C16H17Br2NO2/c1-21-14-4-2-3-10(7-14)15(9-19)16(20)11-5-12(17)8-13(18)6-11/h2-8,15-16,20H,9,19H2,1H3. The highest BCUT2D eigenvalue weighted by Gasteiger charge is 2.22. The molecule has 0 saturated carbocycles. The molecule has 2 aromatic carbocycles. The molecule has 0 heterocycles. The molecule has 0 aromatic heterocycles. The molecule has 2 rings (SSSR count). The molecule has 0 aliphatic rings. The summed E-state index contributed by atoms with van der Waals surface area (Å²) < 4.78 is 7.05. The first-order valence-electron chi connectivity index (χ1n) is 6.53. The van der Waals surface area contributed by atoms with Gasteiger partial charge < -0.3 is 15.6 Å². The third-order valence-electron chi connectivity index (χ3n) is 3.38. The Balaban J connectivity index is 2.35. The van der Waals surface area contributed by atoms with E-state index in [0.717, 1.165) is 25.8 Å². The zero-order chi connectivity index (χ0) is 15.4. The van der Waals surface area contributed by atoms with Crippen LogP contribution < -0.4 is 10.5 Å². The van der Waals surface area contributed by atoms with Crippen LogP contribution >= 0.6 is 31.9 Å². The van der Waals surface area contributed by atoms with Crippen LogP contribution in [0.2, 0.25) is 0 Å². The Kier molecular flexibility index (Phi) is 5.81. The highest BCUT2D eigenvalue weighted by atomic mass is 79.9. The molecule has 0 saturated heterocycles. The summed E-state index contributed by atoms with van der Waals surface area (Å²) >= 11 is 6.88.